The molecule has 0 radical (unpaired) electrons. The molecule has 0 saturated heterocycles. The molecule has 0 aromatic carbocycles. The highest BCUT2D eigenvalue weighted by molar-refractivity contribution is 7.09. The summed E-state index contributed by atoms with van der Waals surface area (Å²) in [5, 5.41) is 5.74. The Morgan fingerprint density at radius 1 is 1.29 bits per heavy atom. The molecule has 0 aliphatic heterocycles. The summed E-state index contributed by atoms with van der Waals surface area (Å²) in [4.78, 5) is 1.47. The fourth-order valence-electron chi connectivity index (χ4n) is 2.82. The second kappa shape index (κ2) is 3.67. The Hall–Kier alpha value is -0.340. The van der Waals surface area contributed by atoms with E-state index in [1.54, 1.807) is 6.42 Å². The molecule has 0 amide bonds. The minimum atomic E-state index is 0.985. The number of thiophene rings is 1. The monoisotopic (exact) mass is 207 g/mol. The van der Waals surface area contributed by atoms with Gasteiger partial charge < -0.3 is 5.32 Å². The van der Waals surface area contributed by atoms with Crippen molar-refractivity contribution in [3.05, 3.63) is 22.4 Å². The SMILES string of the molecule is c1csc(CNCC2CC3CC3C2)c1. The summed E-state index contributed by atoms with van der Waals surface area (Å²) in [6, 6.07) is 4.34. The van der Waals surface area contributed by atoms with Crippen LogP contribution in [0.3, 0.4) is 0 Å². The first-order valence-electron chi connectivity index (χ1n) is 5.65. The number of hydrogen-bond donors (Lipinski definition) is 1. The van der Waals surface area contributed by atoms with Crippen molar-refractivity contribution in [2.24, 2.45) is 17.8 Å². The summed E-state index contributed by atoms with van der Waals surface area (Å²) in [5.41, 5.74) is 0. The van der Waals surface area contributed by atoms with E-state index in [9.17, 15) is 0 Å². The van der Waals surface area contributed by atoms with Crippen LogP contribution < -0.4 is 5.32 Å². The molecule has 1 aromatic rings. The third-order valence-corrected chi connectivity index (χ3v) is 4.53. The number of hydrogen-bond acceptors (Lipinski definition) is 2. The molecular formula is C12H17NS. The van der Waals surface area contributed by atoms with Crippen molar-refractivity contribution < 1.29 is 0 Å². The van der Waals surface area contributed by atoms with E-state index < -0.39 is 0 Å². The van der Waals surface area contributed by atoms with Crippen molar-refractivity contribution >= 4 is 11.3 Å². The van der Waals surface area contributed by atoms with Gasteiger partial charge in [0.1, 0.15) is 0 Å². The summed E-state index contributed by atoms with van der Waals surface area (Å²) in [6.45, 7) is 2.31. The Bertz CT molecular complexity index is 283. The molecule has 2 aliphatic rings. The van der Waals surface area contributed by atoms with E-state index >= 15 is 0 Å². The zero-order valence-electron chi connectivity index (χ0n) is 8.41. The molecule has 14 heavy (non-hydrogen) atoms. The summed E-state index contributed by atoms with van der Waals surface area (Å²) < 4.78 is 0. The molecule has 3 rings (SSSR count). The van der Waals surface area contributed by atoms with Crippen LogP contribution in [-0.4, -0.2) is 6.54 Å². The summed E-state index contributed by atoms with van der Waals surface area (Å²) >= 11 is 1.85. The summed E-state index contributed by atoms with van der Waals surface area (Å²) in [5.74, 6) is 3.24. The Morgan fingerprint density at radius 2 is 2.14 bits per heavy atom. The molecule has 0 bridgehead atoms. The highest BCUT2D eigenvalue weighted by atomic mass is 32.1. The molecule has 2 atom stereocenters. The molecule has 2 fully saturated rings. The average molecular weight is 207 g/mol. The van der Waals surface area contributed by atoms with Gasteiger partial charge in [0, 0.05) is 11.4 Å². The molecule has 1 N–H and O–H groups in total. The summed E-state index contributed by atoms with van der Waals surface area (Å²) in [6.07, 6.45) is 4.55. The van der Waals surface area contributed by atoms with Crippen LogP contribution in [0.25, 0.3) is 0 Å². The van der Waals surface area contributed by atoms with Gasteiger partial charge in [0.05, 0.1) is 0 Å². The van der Waals surface area contributed by atoms with E-state index in [-0.39, 0.29) is 0 Å². The predicted molar refractivity (Wildman–Crippen MR) is 60.3 cm³/mol. The maximum atomic E-state index is 3.58. The fraction of sp³-hybridized carbons (Fsp3) is 0.667. The van der Waals surface area contributed by atoms with Gasteiger partial charge in [-0.2, -0.15) is 0 Å². The van der Waals surface area contributed by atoms with Crippen molar-refractivity contribution in [2.75, 3.05) is 6.54 Å². The van der Waals surface area contributed by atoms with Crippen LogP contribution in [0.4, 0.5) is 0 Å². The van der Waals surface area contributed by atoms with Gasteiger partial charge in [0.2, 0.25) is 0 Å². The van der Waals surface area contributed by atoms with Gasteiger partial charge in [-0.05, 0) is 55.0 Å². The smallest absolute Gasteiger partial charge is 0.0299 e. The van der Waals surface area contributed by atoms with Crippen LogP contribution in [0.1, 0.15) is 24.1 Å². The molecule has 2 unspecified atom stereocenters. The summed E-state index contributed by atoms with van der Waals surface area (Å²) in [7, 11) is 0. The Kier molecular flexibility index (Phi) is 2.34. The molecule has 0 spiro atoms. The van der Waals surface area contributed by atoms with E-state index in [2.05, 4.69) is 22.8 Å². The van der Waals surface area contributed by atoms with Crippen molar-refractivity contribution in [3.8, 4) is 0 Å². The molecule has 76 valence electrons. The van der Waals surface area contributed by atoms with E-state index in [0.717, 1.165) is 24.3 Å². The number of nitrogens with one attached hydrogen (secondary N) is 1. The van der Waals surface area contributed by atoms with Crippen LogP contribution in [0.2, 0.25) is 0 Å². The molecule has 2 aliphatic carbocycles. The van der Waals surface area contributed by atoms with Crippen LogP contribution in [-0.2, 0) is 6.54 Å². The normalized spacial score (nSPS) is 34.4. The minimum Gasteiger partial charge on any atom is -0.312 e. The van der Waals surface area contributed by atoms with Gasteiger partial charge in [0.25, 0.3) is 0 Å². The van der Waals surface area contributed by atoms with Gasteiger partial charge in [-0.25, -0.2) is 0 Å². The Balaban J connectivity index is 1.38. The van der Waals surface area contributed by atoms with E-state index in [1.165, 1.54) is 24.3 Å². The lowest BCUT2D eigenvalue weighted by Crippen LogP contribution is -2.21. The quantitative estimate of drug-likeness (QED) is 0.800. The molecule has 1 aromatic heterocycles. The zero-order valence-corrected chi connectivity index (χ0v) is 9.22. The zero-order chi connectivity index (χ0) is 9.38. The number of rotatable bonds is 4. The van der Waals surface area contributed by atoms with Crippen LogP contribution in [0.15, 0.2) is 17.5 Å². The highest BCUT2D eigenvalue weighted by Gasteiger charge is 2.45. The lowest BCUT2D eigenvalue weighted by molar-refractivity contribution is 0.448. The van der Waals surface area contributed by atoms with Crippen molar-refractivity contribution in [3.63, 3.8) is 0 Å². The predicted octanol–water partition coefficient (Wildman–Crippen LogP) is 2.88. The Morgan fingerprint density at radius 3 is 2.86 bits per heavy atom. The molecule has 2 saturated carbocycles. The van der Waals surface area contributed by atoms with Crippen molar-refractivity contribution in [2.45, 2.75) is 25.8 Å². The molecule has 1 heterocycles. The van der Waals surface area contributed by atoms with Crippen LogP contribution in [0, 0.1) is 17.8 Å². The van der Waals surface area contributed by atoms with Gasteiger partial charge in [-0.1, -0.05) is 6.07 Å². The second-order valence-corrected chi connectivity index (χ2v) is 5.84. The van der Waals surface area contributed by atoms with E-state index in [1.807, 2.05) is 11.3 Å². The number of fused-ring (bicyclic) bond motifs is 1. The van der Waals surface area contributed by atoms with Gasteiger partial charge in [-0.15, -0.1) is 11.3 Å². The third-order valence-electron chi connectivity index (χ3n) is 3.65. The second-order valence-electron chi connectivity index (χ2n) is 4.80. The van der Waals surface area contributed by atoms with Crippen molar-refractivity contribution in [1.29, 1.82) is 0 Å². The maximum Gasteiger partial charge on any atom is 0.0299 e. The molecule has 2 heteroatoms. The van der Waals surface area contributed by atoms with Gasteiger partial charge in [-0.3, -0.25) is 0 Å². The first-order chi connectivity index (χ1) is 6.92. The molecular weight excluding hydrogens is 190 g/mol. The first kappa shape index (κ1) is 8.93. The maximum absolute atomic E-state index is 3.58. The van der Waals surface area contributed by atoms with E-state index in [4.69, 9.17) is 0 Å². The van der Waals surface area contributed by atoms with Gasteiger partial charge in [0.15, 0.2) is 0 Å². The van der Waals surface area contributed by atoms with E-state index in [0.29, 0.717) is 0 Å². The standard InChI is InChI=1S/C12H17NS/c1-2-12(14-3-1)8-13-7-9-4-10-6-11(10)5-9/h1-3,9-11,13H,4-8H2. The van der Waals surface area contributed by atoms with Crippen LogP contribution in [0.5, 0.6) is 0 Å². The van der Waals surface area contributed by atoms with Crippen molar-refractivity contribution in [1.82, 2.24) is 5.32 Å². The largest absolute Gasteiger partial charge is 0.312 e. The highest BCUT2D eigenvalue weighted by Crippen LogP contribution is 2.54. The first-order valence-corrected chi connectivity index (χ1v) is 6.53. The average Bonchev–Trinajstić information content (AvgIpc) is 2.69. The van der Waals surface area contributed by atoms with Crippen LogP contribution >= 0.6 is 11.3 Å². The lowest BCUT2D eigenvalue weighted by Gasteiger charge is -2.11. The fourth-order valence-corrected chi connectivity index (χ4v) is 3.49. The van der Waals surface area contributed by atoms with Gasteiger partial charge >= 0.3 is 0 Å². The lowest BCUT2D eigenvalue weighted by atomic mass is 10.0. The Labute approximate surface area is 89.5 Å². The molecule has 1 nitrogen and oxygen atoms in total. The minimum absolute atomic E-state index is 0.985. The third kappa shape index (κ3) is 1.86. The topological polar surface area (TPSA) is 12.0 Å².